The Morgan fingerprint density at radius 2 is 1.88 bits per heavy atom. The van der Waals surface area contributed by atoms with Gasteiger partial charge in [-0.25, -0.2) is 0 Å². The van der Waals surface area contributed by atoms with E-state index in [1.54, 1.807) is 12.2 Å². The maximum absolute atomic E-state index is 11.6. The molecule has 1 heterocycles. The third kappa shape index (κ3) is 4.56. The highest BCUT2D eigenvalue weighted by Crippen LogP contribution is 2.03. The van der Waals surface area contributed by atoms with Crippen LogP contribution in [0.4, 0.5) is 0 Å². The Bertz CT molecular complexity index is 294. The van der Waals surface area contributed by atoms with Crippen molar-refractivity contribution >= 4 is 11.9 Å². The van der Waals surface area contributed by atoms with Gasteiger partial charge in [-0.3, -0.25) is 14.5 Å². The molecule has 0 atom stereocenters. The SMILES string of the molecule is C/C=C/C(=O)N1CCN(CCC(=O)OC)CC1. The van der Waals surface area contributed by atoms with Crippen LogP contribution in [0.2, 0.25) is 0 Å². The summed E-state index contributed by atoms with van der Waals surface area (Å²) in [5, 5.41) is 0. The monoisotopic (exact) mass is 240 g/mol. The quantitative estimate of drug-likeness (QED) is 0.523. The van der Waals surface area contributed by atoms with Gasteiger partial charge in [-0.1, -0.05) is 6.08 Å². The van der Waals surface area contributed by atoms with Crippen molar-refractivity contribution in [3.63, 3.8) is 0 Å². The fraction of sp³-hybridized carbons (Fsp3) is 0.667. The van der Waals surface area contributed by atoms with Gasteiger partial charge in [0, 0.05) is 32.7 Å². The number of nitrogens with zero attached hydrogens (tertiary/aromatic N) is 2. The average Bonchev–Trinajstić information content (AvgIpc) is 2.36. The van der Waals surface area contributed by atoms with Crippen LogP contribution in [0.1, 0.15) is 13.3 Å². The predicted molar refractivity (Wildman–Crippen MR) is 64.5 cm³/mol. The van der Waals surface area contributed by atoms with E-state index in [4.69, 9.17) is 0 Å². The lowest BCUT2D eigenvalue weighted by atomic mass is 10.3. The summed E-state index contributed by atoms with van der Waals surface area (Å²) in [6, 6.07) is 0. The van der Waals surface area contributed by atoms with Gasteiger partial charge in [0.25, 0.3) is 0 Å². The van der Waals surface area contributed by atoms with Crippen LogP contribution in [0.25, 0.3) is 0 Å². The van der Waals surface area contributed by atoms with Crippen molar-refractivity contribution in [2.24, 2.45) is 0 Å². The molecule has 1 amide bonds. The van der Waals surface area contributed by atoms with Gasteiger partial charge in [0.05, 0.1) is 13.5 Å². The molecular formula is C12H20N2O3. The van der Waals surface area contributed by atoms with Gasteiger partial charge in [-0.15, -0.1) is 0 Å². The molecular weight excluding hydrogens is 220 g/mol. The molecule has 0 radical (unpaired) electrons. The van der Waals surface area contributed by atoms with E-state index in [0.717, 1.165) is 26.2 Å². The third-order valence-corrected chi connectivity index (χ3v) is 2.85. The average molecular weight is 240 g/mol. The maximum Gasteiger partial charge on any atom is 0.306 e. The molecule has 0 aliphatic carbocycles. The van der Waals surface area contributed by atoms with E-state index in [1.165, 1.54) is 7.11 Å². The lowest BCUT2D eigenvalue weighted by Crippen LogP contribution is -2.48. The van der Waals surface area contributed by atoms with Gasteiger partial charge in [0.15, 0.2) is 0 Å². The summed E-state index contributed by atoms with van der Waals surface area (Å²) in [5.41, 5.74) is 0. The molecule has 17 heavy (non-hydrogen) atoms. The number of ether oxygens (including phenoxy) is 1. The first-order valence-electron chi connectivity index (χ1n) is 5.88. The second-order valence-electron chi connectivity index (χ2n) is 3.99. The number of piperazine rings is 1. The number of esters is 1. The Labute approximate surface area is 102 Å². The van der Waals surface area contributed by atoms with E-state index in [9.17, 15) is 9.59 Å². The molecule has 0 spiro atoms. The minimum absolute atomic E-state index is 0.0696. The van der Waals surface area contributed by atoms with Crippen LogP contribution >= 0.6 is 0 Å². The minimum Gasteiger partial charge on any atom is -0.469 e. The Morgan fingerprint density at radius 3 is 2.41 bits per heavy atom. The van der Waals surface area contributed by atoms with Crippen molar-refractivity contribution < 1.29 is 14.3 Å². The molecule has 0 aromatic heterocycles. The maximum atomic E-state index is 11.6. The molecule has 96 valence electrons. The van der Waals surface area contributed by atoms with Crippen LogP contribution in [0.15, 0.2) is 12.2 Å². The number of carbonyl (C=O) groups is 2. The molecule has 5 nitrogen and oxygen atoms in total. The molecule has 0 bridgehead atoms. The van der Waals surface area contributed by atoms with E-state index in [-0.39, 0.29) is 11.9 Å². The van der Waals surface area contributed by atoms with E-state index in [1.807, 2.05) is 11.8 Å². The summed E-state index contributed by atoms with van der Waals surface area (Å²) in [4.78, 5) is 26.6. The van der Waals surface area contributed by atoms with Gasteiger partial charge in [0.1, 0.15) is 0 Å². The minimum atomic E-state index is -0.183. The summed E-state index contributed by atoms with van der Waals surface area (Å²) >= 11 is 0. The Hall–Kier alpha value is -1.36. The number of allylic oxidation sites excluding steroid dienone is 1. The zero-order chi connectivity index (χ0) is 12.7. The molecule has 5 heteroatoms. The molecule has 0 unspecified atom stereocenters. The van der Waals surface area contributed by atoms with E-state index >= 15 is 0 Å². The van der Waals surface area contributed by atoms with Crippen molar-refractivity contribution in [3.05, 3.63) is 12.2 Å². The third-order valence-electron chi connectivity index (χ3n) is 2.85. The molecule has 1 aliphatic heterocycles. The molecule has 0 N–H and O–H groups in total. The smallest absolute Gasteiger partial charge is 0.306 e. The van der Waals surface area contributed by atoms with Crippen molar-refractivity contribution in [1.29, 1.82) is 0 Å². The number of carbonyl (C=O) groups excluding carboxylic acids is 2. The van der Waals surface area contributed by atoms with Crippen LogP contribution in [0.3, 0.4) is 0 Å². The normalized spacial score (nSPS) is 17.4. The summed E-state index contributed by atoms with van der Waals surface area (Å²) in [6.07, 6.45) is 3.76. The molecule has 1 fully saturated rings. The molecule has 0 aromatic carbocycles. The first-order chi connectivity index (χ1) is 8.17. The van der Waals surface area contributed by atoms with Crippen LogP contribution in [0, 0.1) is 0 Å². The summed E-state index contributed by atoms with van der Waals surface area (Å²) in [6.45, 7) is 5.64. The first kappa shape index (κ1) is 13.7. The first-order valence-corrected chi connectivity index (χ1v) is 5.88. The van der Waals surface area contributed by atoms with Gasteiger partial charge in [-0.05, 0) is 13.0 Å². The lowest BCUT2D eigenvalue weighted by molar-refractivity contribution is -0.141. The fourth-order valence-electron chi connectivity index (χ4n) is 1.79. The van der Waals surface area contributed by atoms with E-state index in [2.05, 4.69) is 9.64 Å². The second-order valence-corrected chi connectivity index (χ2v) is 3.99. The zero-order valence-electron chi connectivity index (χ0n) is 10.5. The van der Waals surface area contributed by atoms with Crippen LogP contribution in [-0.4, -0.2) is 61.5 Å². The largest absolute Gasteiger partial charge is 0.469 e. The Balaban J connectivity index is 2.26. The van der Waals surface area contributed by atoms with E-state index < -0.39 is 0 Å². The number of methoxy groups -OCH3 is 1. The second kappa shape index (κ2) is 7.06. The van der Waals surface area contributed by atoms with Crippen molar-refractivity contribution in [1.82, 2.24) is 9.80 Å². The lowest BCUT2D eigenvalue weighted by Gasteiger charge is -2.33. The molecule has 1 rings (SSSR count). The van der Waals surface area contributed by atoms with Gasteiger partial charge < -0.3 is 9.64 Å². The number of rotatable bonds is 4. The predicted octanol–water partition coefficient (Wildman–Crippen LogP) is 0.270. The molecule has 1 saturated heterocycles. The number of hydrogen-bond acceptors (Lipinski definition) is 4. The van der Waals surface area contributed by atoms with Crippen molar-refractivity contribution in [2.45, 2.75) is 13.3 Å². The van der Waals surface area contributed by atoms with E-state index in [0.29, 0.717) is 13.0 Å². The highest BCUT2D eigenvalue weighted by atomic mass is 16.5. The van der Waals surface area contributed by atoms with Crippen molar-refractivity contribution in [2.75, 3.05) is 39.8 Å². The highest BCUT2D eigenvalue weighted by molar-refractivity contribution is 5.87. The Kier molecular flexibility index (Phi) is 5.69. The zero-order valence-corrected chi connectivity index (χ0v) is 10.5. The fourth-order valence-corrected chi connectivity index (χ4v) is 1.79. The Morgan fingerprint density at radius 1 is 1.24 bits per heavy atom. The van der Waals surface area contributed by atoms with Crippen LogP contribution in [0.5, 0.6) is 0 Å². The van der Waals surface area contributed by atoms with Crippen LogP contribution < -0.4 is 0 Å². The topological polar surface area (TPSA) is 49.9 Å². The van der Waals surface area contributed by atoms with Crippen LogP contribution in [-0.2, 0) is 14.3 Å². The summed E-state index contributed by atoms with van der Waals surface area (Å²) in [7, 11) is 1.40. The molecule has 0 saturated carbocycles. The highest BCUT2D eigenvalue weighted by Gasteiger charge is 2.19. The standard InChI is InChI=1S/C12H20N2O3/c1-3-4-11(15)14-9-7-13(8-10-14)6-5-12(16)17-2/h3-4H,5-10H2,1-2H3/b4-3+. The van der Waals surface area contributed by atoms with Gasteiger partial charge in [0.2, 0.25) is 5.91 Å². The molecule has 0 aromatic rings. The molecule has 1 aliphatic rings. The number of hydrogen-bond donors (Lipinski definition) is 0. The van der Waals surface area contributed by atoms with Gasteiger partial charge in [-0.2, -0.15) is 0 Å². The van der Waals surface area contributed by atoms with Crippen molar-refractivity contribution in [3.8, 4) is 0 Å². The van der Waals surface area contributed by atoms with Gasteiger partial charge >= 0.3 is 5.97 Å². The summed E-state index contributed by atoms with van der Waals surface area (Å²) < 4.78 is 4.59. The number of amides is 1. The summed E-state index contributed by atoms with van der Waals surface area (Å²) in [5.74, 6) is -0.113.